The van der Waals surface area contributed by atoms with Crippen LogP contribution in [0.15, 0.2) is 0 Å². The summed E-state index contributed by atoms with van der Waals surface area (Å²) >= 11 is 1.14. The molecule has 0 saturated heterocycles. The minimum absolute atomic E-state index is 0.490. The summed E-state index contributed by atoms with van der Waals surface area (Å²) in [7, 11) is 0. The highest BCUT2D eigenvalue weighted by Crippen LogP contribution is 2.22. The van der Waals surface area contributed by atoms with E-state index in [4.69, 9.17) is 0 Å². The minimum Gasteiger partial charge on any atom is -0.330 e. The number of hydrogen-bond donors (Lipinski definition) is 1. The highest BCUT2D eigenvalue weighted by Gasteiger charge is 2.08. The van der Waals surface area contributed by atoms with Crippen LogP contribution in [0.3, 0.4) is 0 Å². The van der Waals surface area contributed by atoms with Crippen LogP contribution in [-0.4, -0.2) is 9.80 Å². The zero-order chi connectivity index (χ0) is 25.5. The van der Waals surface area contributed by atoms with E-state index in [2.05, 4.69) is 13.8 Å². The van der Waals surface area contributed by atoms with Crippen molar-refractivity contribution in [2.24, 2.45) is 0 Å². The van der Waals surface area contributed by atoms with Crippen LogP contribution >= 0.6 is 12.0 Å². The maximum Gasteiger partial charge on any atom is 0.0308 e. The van der Waals surface area contributed by atoms with Crippen LogP contribution in [0.5, 0.6) is 0 Å². The van der Waals surface area contributed by atoms with Crippen molar-refractivity contribution in [3.63, 3.8) is 0 Å². The molecule has 0 heterocycles. The topological polar surface area (TPSA) is 20.2 Å². The second kappa shape index (κ2) is 32.3. The van der Waals surface area contributed by atoms with Crippen LogP contribution in [0.4, 0.5) is 0 Å². The van der Waals surface area contributed by atoms with Crippen LogP contribution in [0, 0.1) is 0 Å². The molecule has 0 aromatic rings. The molecular formula is C33H68OS. The molecule has 0 saturated carbocycles. The molecule has 0 amide bonds. The van der Waals surface area contributed by atoms with Gasteiger partial charge in [0, 0.05) is 5.25 Å². The zero-order valence-corrected chi connectivity index (χ0v) is 25.5. The van der Waals surface area contributed by atoms with Gasteiger partial charge in [0.2, 0.25) is 0 Å². The van der Waals surface area contributed by atoms with Gasteiger partial charge in [-0.3, -0.25) is 0 Å². The van der Waals surface area contributed by atoms with Crippen molar-refractivity contribution in [2.45, 2.75) is 212 Å². The summed E-state index contributed by atoms with van der Waals surface area (Å²) in [4.78, 5) is 0. The average molecular weight is 513 g/mol. The molecule has 0 spiro atoms. The van der Waals surface area contributed by atoms with E-state index in [0.717, 1.165) is 12.0 Å². The molecule has 0 aromatic carbocycles. The average Bonchev–Trinajstić information content (AvgIpc) is 2.87. The highest BCUT2D eigenvalue weighted by molar-refractivity contribution is 7.94. The maximum absolute atomic E-state index is 9.65. The van der Waals surface area contributed by atoms with E-state index in [1.54, 1.807) is 0 Å². The van der Waals surface area contributed by atoms with Gasteiger partial charge in [0.05, 0.1) is 0 Å². The Morgan fingerprint density at radius 2 is 0.543 bits per heavy atom. The van der Waals surface area contributed by atoms with E-state index in [9.17, 15) is 4.55 Å². The van der Waals surface area contributed by atoms with Crippen molar-refractivity contribution in [1.29, 1.82) is 0 Å². The third kappa shape index (κ3) is 30.4. The molecule has 1 atom stereocenters. The Morgan fingerprint density at radius 1 is 0.343 bits per heavy atom. The van der Waals surface area contributed by atoms with Gasteiger partial charge < -0.3 is 4.55 Å². The maximum atomic E-state index is 9.65. The first-order valence-corrected chi connectivity index (χ1v) is 17.5. The van der Waals surface area contributed by atoms with Gasteiger partial charge in [0.15, 0.2) is 0 Å². The van der Waals surface area contributed by atoms with Crippen molar-refractivity contribution >= 4 is 12.0 Å². The van der Waals surface area contributed by atoms with Crippen LogP contribution in [0.1, 0.15) is 206 Å². The van der Waals surface area contributed by atoms with E-state index in [1.807, 2.05) is 0 Å². The molecule has 0 aliphatic heterocycles. The van der Waals surface area contributed by atoms with Gasteiger partial charge in [-0.25, -0.2) is 0 Å². The standard InChI is InChI=1S/C33H68OS/c1-3-5-7-9-11-13-15-17-18-20-22-24-26-28-30-32-33(35-34)31-29-27-25-23-21-19-16-14-12-10-8-6-4-2/h33-34H,3-32H2,1-2H3. The van der Waals surface area contributed by atoms with Crippen LogP contribution in [0.2, 0.25) is 0 Å². The second-order valence-electron chi connectivity index (χ2n) is 11.5. The van der Waals surface area contributed by atoms with Crippen LogP contribution in [-0.2, 0) is 0 Å². The van der Waals surface area contributed by atoms with Crippen molar-refractivity contribution in [2.75, 3.05) is 0 Å². The first-order valence-electron chi connectivity index (χ1n) is 16.6. The largest absolute Gasteiger partial charge is 0.330 e. The predicted molar refractivity (Wildman–Crippen MR) is 164 cm³/mol. The Morgan fingerprint density at radius 3 is 0.743 bits per heavy atom. The smallest absolute Gasteiger partial charge is 0.0308 e. The Bertz CT molecular complexity index is 359. The van der Waals surface area contributed by atoms with Gasteiger partial charge in [0.1, 0.15) is 0 Å². The summed E-state index contributed by atoms with van der Waals surface area (Å²) < 4.78 is 9.65. The molecule has 0 aromatic heterocycles. The van der Waals surface area contributed by atoms with Crippen molar-refractivity contribution in [3.05, 3.63) is 0 Å². The molecule has 1 unspecified atom stereocenters. The summed E-state index contributed by atoms with van der Waals surface area (Å²) in [6.07, 6.45) is 42.3. The molecule has 0 aliphatic rings. The Balaban J connectivity index is 3.25. The van der Waals surface area contributed by atoms with Crippen LogP contribution < -0.4 is 0 Å². The van der Waals surface area contributed by atoms with Gasteiger partial charge >= 0.3 is 0 Å². The molecule has 0 radical (unpaired) electrons. The van der Waals surface area contributed by atoms with E-state index in [-0.39, 0.29) is 0 Å². The summed E-state index contributed by atoms with van der Waals surface area (Å²) in [5.41, 5.74) is 0. The highest BCUT2D eigenvalue weighted by atomic mass is 32.2. The fourth-order valence-electron chi connectivity index (χ4n) is 5.38. The number of rotatable bonds is 31. The molecule has 212 valence electrons. The molecule has 35 heavy (non-hydrogen) atoms. The van der Waals surface area contributed by atoms with Crippen molar-refractivity contribution in [1.82, 2.24) is 0 Å². The quantitative estimate of drug-likeness (QED) is 0.0736. The Hall–Kier alpha value is 0.310. The van der Waals surface area contributed by atoms with Crippen molar-refractivity contribution < 1.29 is 4.55 Å². The molecule has 0 bridgehead atoms. The van der Waals surface area contributed by atoms with Gasteiger partial charge in [-0.2, -0.15) is 0 Å². The van der Waals surface area contributed by atoms with E-state index in [0.29, 0.717) is 5.25 Å². The third-order valence-electron chi connectivity index (χ3n) is 7.91. The van der Waals surface area contributed by atoms with Crippen LogP contribution in [0.25, 0.3) is 0 Å². The van der Waals surface area contributed by atoms with Gasteiger partial charge in [-0.05, 0) is 24.9 Å². The lowest BCUT2D eigenvalue weighted by molar-refractivity contribution is 0.511. The summed E-state index contributed by atoms with van der Waals surface area (Å²) in [5, 5.41) is 0.490. The zero-order valence-electron chi connectivity index (χ0n) is 24.6. The summed E-state index contributed by atoms with van der Waals surface area (Å²) in [6, 6.07) is 0. The molecule has 1 N–H and O–H groups in total. The van der Waals surface area contributed by atoms with E-state index in [1.165, 1.54) is 193 Å². The molecule has 0 fully saturated rings. The lowest BCUT2D eigenvalue weighted by atomic mass is 10.0. The molecule has 2 heteroatoms. The lowest BCUT2D eigenvalue weighted by Crippen LogP contribution is -2.02. The molecular weight excluding hydrogens is 444 g/mol. The first kappa shape index (κ1) is 35.3. The number of hydrogen-bond acceptors (Lipinski definition) is 2. The lowest BCUT2D eigenvalue weighted by Gasteiger charge is -2.12. The van der Waals surface area contributed by atoms with Gasteiger partial charge in [0.25, 0.3) is 0 Å². The third-order valence-corrected chi connectivity index (χ3v) is 8.68. The second-order valence-corrected chi connectivity index (χ2v) is 12.4. The van der Waals surface area contributed by atoms with Gasteiger partial charge in [-0.15, -0.1) is 0 Å². The monoisotopic (exact) mass is 512 g/mol. The van der Waals surface area contributed by atoms with E-state index >= 15 is 0 Å². The first-order chi connectivity index (χ1) is 17.3. The summed E-state index contributed by atoms with van der Waals surface area (Å²) in [6.45, 7) is 4.59. The minimum atomic E-state index is 0.490. The molecule has 1 nitrogen and oxygen atoms in total. The normalized spacial score (nSPS) is 12.4. The fourth-order valence-corrected chi connectivity index (χ4v) is 5.93. The SMILES string of the molecule is CCCCCCCCCCCCCCCCCC(CCCCCCCCCCCCCCC)SO. The fraction of sp³-hybridized carbons (Fsp3) is 1.00. The Kier molecular flexibility index (Phi) is 32.6. The van der Waals surface area contributed by atoms with E-state index < -0.39 is 0 Å². The Labute approximate surface area is 228 Å². The predicted octanol–water partition coefficient (Wildman–Crippen LogP) is 13.3. The summed E-state index contributed by atoms with van der Waals surface area (Å²) in [5.74, 6) is 0. The molecule has 0 rings (SSSR count). The van der Waals surface area contributed by atoms with Crippen molar-refractivity contribution in [3.8, 4) is 0 Å². The number of unbranched alkanes of at least 4 members (excludes halogenated alkanes) is 26. The molecule has 0 aliphatic carbocycles. The van der Waals surface area contributed by atoms with Gasteiger partial charge in [-0.1, -0.05) is 194 Å².